The summed E-state index contributed by atoms with van der Waals surface area (Å²) >= 11 is 4.39. The molecule has 1 fully saturated rings. The fourth-order valence-electron chi connectivity index (χ4n) is 2.29. The van der Waals surface area contributed by atoms with Gasteiger partial charge in [-0.15, -0.1) is 0 Å². The SMILES string of the molecule is Fc1cc(N=C=S)c(F)cc1C#Cc1ccc(CC2CC2)cc1. The van der Waals surface area contributed by atoms with Crippen molar-refractivity contribution in [2.45, 2.75) is 19.3 Å². The van der Waals surface area contributed by atoms with Gasteiger partial charge >= 0.3 is 0 Å². The Balaban J connectivity index is 1.80. The average molecular weight is 325 g/mol. The molecular weight excluding hydrogens is 312 g/mol. The minimum atomic E-state index is -0.673. The number of thiocarbonyl (C=S) groups is 1. The van der Waals surface area contributed by atoms with E-state index in [1.54, 1.807) is 0 Å². The van der Waals surface area contributed by atoms with Crippen molar-refractivity contribution in [2.24, 2.45) is 10.9 Å². The lowest BCUT2D eigenvalue weighted by Gasteiger charge is -2.00. The fourth-order valence-corrected chi connectivity index (χ4v) is 2.38. The van der Waals surface area contributed by atoms with Crippen LogP contribution in [0.25, 0.3) is 0 Å². The Morgan fingerprint density at radius 3 is 2.43 bits per heavy atom. The Morgan fingerprint density at radius 2 is 1.78 bits per heavy atom. The highest BCUT2D eigenvalue weighted by atomic mass is 32.1. The molecule has 114 valence electrons. The molecule has 0 amide bonds. The normalized spacial score (nSPS) is 13.0. The van der Waals surface area contributed by atoms with Gasteiger partial charge in [-0.05, 0) is 61.2 Å². The molecule has 3 rings (SSSR count). The Labute approximate surface area is 139 Å². The van der Waals surface area contributed by atoms with E-state index in [1.807, 2.05) is 29.4 Å². The van der Waals surface area contributed by atoms with E-state index in [2.05, 4.69) is 29.1 Å². The third-order valence-electron chi connectivity index (χ3n) is 3.72. The second kappa shape index (κ2) is 6.83. The van der Waals surface area contributed by atoms with Crippen LogP contribution in [0.2, 0.25) is 0 Å². The van der Waals surface area contributed by atoms with Gasteiger partial charge in [0.1, 0.15) is 11.5 Å². The summed E-state index contributed by atoms with van der Waals surface area (Å²) in [5.74, 6) is 5.04. The molecule has 4 heteroatoms. The van der Waals surface area contributed by atoms with Gasteiger partial charge in [0.15, 0.2) is 5.82 Å². The summed E-state index contributed by atoms with van der Waals surface area (Å²) in [7, 11) is 0. The van der Waals surface area contributed by atoms with Gasteiger partial charge in [-0.1, -0.05) is 24.0 Å². The maximum absolute atomic E-state index is 13.9. The third kappa shape index (κ3) is 4.10. The molecule has 0 aromatic heterocycles. The second-order valence-electron chi connectivity index (χ2n) is 5.58. The molecule has 0 atom stereocenters. The van der Waals surface area contributed by atoms with Crippen LogP contribution >= 0.6 is 12.2 Å². The number of nitrogens with zero attached hydrogens (tertiary/aromatic N) is 1. The van der Waals surface area contributed by atoms with E-state index in [1.165, 1.54) is 18.4 Å². The van der Waals surface area contributed by atoms with Gasteiger partial charge in [-0.25, -0.2) is 8.78 Å². The van der Waals surface area contributed by atoms with Crippen molar-refractivity contribution < 1.29 is 8.78 Å². The second-order valence-corrected chi connectivity index (χ2v) is 5.76. The fraction of sp³-hybridized carbons (Fsp3) is 0.211. The highest BCUT2D eigenvalue weighted by molar-refractivity contribution is 7.78. The predicted molar refractivity (Wildman–Crippen MR) is 89.9 cm³/mol. The molecule has 23 heavy (non-hydrogen) atoms. The molecule has 2 aromatic carbocycles. The van der Waals surface area contributed by atoms with E-state index >= 15 is 0 Å². The van der Waals surface area contributed by atoms with Crippen LogP contribution in [-0.2, 0) is 6.42 Å². The molecule has 1 aliphatic carbocycles. The number of hydrogen-bond donors (Lipinski definition) is 0. The molecule has 1 aliphatic rings. The molecule has 1 nitrogen and oxygen atoms in total. The molecule has 0 radical (unpaired) electrons. The lowest BCUT2D eigenvalue weighted by Crippen LogP contribution is -1.88. The predicted octanol–water partition coefficient (Wildman–Crippen LogP) is 5.05. The lowest BCUT2D eigenvalue weighted by molar-refractivity contribution is 0.599. The molecule has 0 bridgehead atoms. The molecule has 0 saturated heterocycles. The first kappa shape index (κ1) is 15.6. The zero-order valence-corrected chi connectivity index (χ0v) is 13.1. The van der Waals surface area contributed by atoms with Crippen molar-refractivity contribution in [3.8, 4) is 11.8 Å². The van der Waals surface area contributed by atoms with Gasteiger partial charge in [0.25, 0.3) is 0 Å². The number of benzene rings is 2. The average Bonchev–Trinajstić information content (AvgIpc) is 3.35. The number of isothiocyanates is 1. The maximum Gasteiger partial charge on any atom is 0.151 e. The van der Waals surface area contributed by atoms with Gasteiger partial charge in [0.05, 0.1) is 10.7 Å². The quantitative estimate of drug-likeness (QED) is 0.437. The number of hydrogen-bond acceptors (Lipinski definition) is 2. The van der Waals surface area contributed by atoms with Crippen LogP contribution in [0.1, 0.15) is 29.5 Å². The van der Waals surface area contributed by atoms with E-state index < -0.39 is 11.6 Å². The number of aliphatic imine (C=N–C) groups is 1. The Hall–Kier alpha value is -2.34. The molecule has 1 saturated carbocycles. The Bertz CT molecular complexity index is 836. The Morgan fingerprint density at radius 1 is 1.04 bits per heavy atom. The lowest BCUT2D eigenvalue weighted by atomic mass is 10.1. The van der Waals surface area contributed by atoms with E-state index in [0.29, 0.717) is 0 Å². The van der Waals surface area contributed by atoms with Gasteiger partial charge in [0, 0.05) is 11.6 Å². The van der Waals surface area contributed by atoms with Crippen LogP contribution in [0.5, 0.6) is 0 Å². The minimum Gasteiger partial charge on any atom is -0.206 e. The van der Waals surface area contributed by atoms with Crippen LogP contribution in [0, 0.1) is 29.4 Å². The van der Waals surface area contributed by atoms with Crippen molar-refractivity contribution in [1.29, 1.82) is 0 Å². The first-order valence-corrected chi connectivity index (χ1v) is 7.74. The summed E-state index contributed by atoms with van der Waals surface area (Å²) in [6, 6.07) is 9.88. The zero-order chi connectivity index (χ0) is 16.2. The van der Waals surface area contributed by atoms with Crippen LogP contribution in [0.4, 0.5) is 14.5 Å². The molecular formula is C19H13F2NS. The summed E-state index contributed by atoms with van der Waals surface area (Å²) in [6.07, 6.45) is 3.74. The highest BCUT2D eigenvalue weighted by Gasteiger charge is 2.21. The van der Waals surface area contributed by atoms with E-state index in [0.717, 1.165) is 30.0 Å². The highest BCUT2D eigenvalue weighted by Crippen LogP contribution is 2.32. The van der Waals surface area contributed by atoms with Crippen LogP contribution in [0.15, 0.2) is 41.4 Å². The van der Waals surface area contributed by atoms with Gasteiger partial charge in [-0.3, -0.25) is 0 Å². The number of halogens is 2. The van der Waals surface area contributed by atoms with E-state index in [-0.39, 0.29) is 11.3 Å². The maximum atomic E-state index is 13.9. The molecule has 2 aromatic rings. The topological polar surface area (TPSA) is 12.4 Å². The summed E-state index contributed by atoms with van der Waals surface area (Å²) in [5, 5.41) is 2.02. The molecule has 0 N–H and O–H groups in total. The summed E-state index contributed by atoms with van der Waals surface area (Å²) < 4.78 is 27.6. The van der Waals surface area contributed by atoms with Crippen LogP contribution < -0.4 is 0 Å². The summed E-state index contributed by atoms with van der Waals surface area (Å²) in [4.78, 5) is 3.47. The monoisotopic (exact) mass is 325 g/mol. The van der Waals surface area contributed by atoms with Crippen LogP contribution in [-0.4, -0.2) is 5.16 Å². The third-order valence-corrected chi connectivity index (χ3v) is 3.81. The van der Waals surface area contributed by atoms with Crippen molar-refractivity contribution >= 4 is 23.1 Å². The number of rotatable bonds is 3. The van der Waals surface area contributed by atoms with Gasteiger partial charge in [-0.2, -0.15) is 4.99 Å². The molecule has 0 spiro atoms. The standard InChI is InChI=1S/C19H13F2NS/c20-17-11-19(22-12-23)18(21)10-16(17)8-7-13-1-3-14(4-2-13)9-15-5-6-15/h1-4,10-11,15H,5-6,9H2. The van der Waals surface area contributed by atoms with Crippen molar-refractivity contribution in [1.82, 2.24) is 0 Å². The smallest absolute Gasteiger partial charge is 0.151 e. The van der Waals surface area contributed by atoms with E-state index in [4.69, 9.17) is 0 Å². The Kier molecular flexibility index (Phi) is 4.62. The summed E-state index contributed by atoms with van der Waals surface area (Å²) in [6.45, 7) is 0. The van der Waals surface area contributed by atoms with Gasteiger partial charge in [0.2, 0.25) is 0 Å². The molecule has 0 aliphatic heterocycles. The minimum absolute atomic E-state index is 0.00660. The van der Waals surface area contributed by atoms with Crippen molar-refractivity contribution in [3.05, 3.63) is 64.7 Å². The van der Waals surface area contributed by atoms with Crippen LogP contribution in [0.3, 0.4) is 0 Å². The van der Waals surface area contributed by atoms with Gasteiger partial charge < -0.3 is 0 Å². The first-order valence-electron chi connectivity index (χ1n) is 7.33. The molecule has 0 heterocycles. The van der Waals surface area contributed by atoms with Crippen molar-refractivity contribution in [3.63, 3.8) is 0 Å². The summed E-state index contributed by atoms with van der Waals surface area (Å²) in [5.41, 5.74) is 1.88. The van der Waals surface area contributed by atoms with E-state index in [9.17, 15) is 8.78 Å². The molecule has 0 unspecified atom stereocenters. The zero-order valence-electron chi connectivity index (χ0n) is 12.3. The largest absolute Gasteiger partial charge is 0.206 e. The first-order chi connectivity index (χ1) is 11.2. The van der Waals surface area contributed by atoms with Crippen molar-refractivity contribution in [2.75, 3.05) is 0 Å².